The van der Waals surface area contributed by atoms with Gasteiger partial charge in [0.05, 0.1) is 28.3 Å². The lowest BCUT2D eigenvalue weighted by atomic mass is 10.3. The van der Waals surface area contributed by atoms with E-state index in [0.29, 0.717) is 11.4 Å². The van der Waals surface area contributed by atoms with Crippen LogP contribution in [0.1, 0.15) is 28.6 Å². The summed E-state index contributed by atoms with van der Waals surface area (Å²) in [6.45, 7) is 2.13. The Balaban J connectivity index is 2.40. The number of thiazole rings is 1. The molecule has 7 heteroatoms. The second-order valence-electron chi connectivity index (χ2n) is 3.65. The second-order valence-corrected chi connectivity index (χ2v) is 4.77. The molecule has 0 aliphatic carbocycles. The number of nitrogens with zero attached hydrogens (tertiary/aromatic N) is 1. The van der Waals surface area contributed by atoms with Gasteiger partial charge in [0, 0.05) is 6.42 Å². The van der Waals surface area contributed by atoms with Gasteiger partial charge in [-0.05, 0) is 13.8 Å². The molecule has 1 aromatic heterocycles. The lowest BCUT2D eigenvalue weighted by Gasteiger charge is -2.06. The Morgan fingerprint density at radius 3 is 2.59 bits per heavy atom. The highest BCUT2D eigenvalue weighted by molar-refractivity contribution is 7.11. The van der Waals surface area contributed by atoms with E-state index in [1.165, 1.54) is 11.3 Å². The Bertz CT molecular complexity index is 363. The van der Waals surface area contributed by atoms with E-state index in [1.807, 2.05) is 0 Å². The van der Waals surface area contributed by atoms with E-state index in [4.69, 9.17) is 0 Å². The SMILES string of the molecule is Cc1nc(CCOCC(F)(F)F)sc1C(C)O. The molecule has 1 aromatic rings. The molecule has 0 fully saturated rings. The van der Waals surface area contributed by atoms with Gasteiger partial charge < -0.3 is 9.84 Å². The number of hydrogen-bond acceptors (Lipinski definition) is 4. The van der Waals surface area contributed by atoms with Crippen molar-refractivity contribution in [2.45, 2.75) is 32.5 Å². The molecule has 98 valence electrons. The van der Waals surface area contributed by atoms with Crippen molar-refractivity contribution in [1.29, 1.82) is 0 Å². The summed E-state index contributed by atoms with van der Waals surface area (Å²) in [5.41, 5.74) is 0.718. The summed E-state index contributed by atoms with van der Waals surface area (Å²) in [5, 5.41) is 10.1. The first-order chi connectivity index (χ1) is 7.79. The van der Waals surface area contributed by atoms with Crippen LogP contribution in [0, 0.1) is 6.92 Å². The molecule has 0 bridgehead atoms. The van der Waals surface area contributed by atoms with Gasteiger partial charge in [-0.25, -0.2) is 4.98 Å². The summed E-state index contributed by atoms with van der Waals surface area (Å²) >= 11 is 1.30. The fourth-order valence-corrected chi connectivity index (χ4v) is 2.29. The molecule has 0 aliphatic heterocycles. The summed E-state index contributed by atoms with van der Waals surface area (Å²) in [5.74, 6) is 0. The maximum atomic E-state index is 11.8. The minimum Gasteiger partial charge on any atom is -0.388 e. The van der Waals surface area contributed by atoms with Crippen molar-refractivity contribution in [3.8, 4) is 0 Å². The van der Waals surface area contributed by atoms with Crippen LogP contribution >= 0.6 is 11.3 Å². The van der Waals surface area contributed by atoms with Crippen LogP contribution in [0.3, 0.4) is 0 Å². The summed E-state index contributed by atoms with van der Waals surface area (Å²) in [4.78, 5) is 4.91. The molecule has 0 radical (unpaired) electrons. The number of ether oxygens (including phenoxy) is 1. The molecule has 0 saturated carbocycles. The molecule has 0 spiro atoms. The van der Waals surface area contributed by atoms with Gasteiger partial charge in [0.2, 0.25) is 0 Å². The Hall–Kier alpha value is -0.660. The van der Waals surface area contributed by atoms with Crippen LogP contribution in [0.5, 0.6) is 0 Å². The molecule has 0 aromatic carbocycles. The van der Waals surface area contributed by atoms with Crippen molar-refractivity contribution in [2.75, 3.05) is 13.2 Å². The van der Waals surface area contributed by atoms with E-state index in [2.05, 4.69) is 9.72 Å². The quantitative estimate of drug-likeness (QED) is 0.835. The van der Waals surface area contributed by atoms with E-state index in [-0.39, 0.29) is 6.61 Å². The zero-order valence-electron chi connectivity index (χ0n) is 9.54. The summed E-state index contributed by atoms with van der Waals surface area (Å²) in [7, 11) is 0. The molecule has 3 nitrogen and oxygen atoms in total. The molecule has 1 rings (SSSR count). The average molecular weight is 269 g/mol. The smallest absolute Gasteiger partial charge is 0.388 e. The third-order valence-corrected chi connectivity index (χ3v) is 3.37. The lowest BCUT2D eigenvalue weighted by molar-refractivity contribution is -0.173. The molecule has 17 heavy (non-hydrogen) atoms. The van der Waals surface area contributed by atoms with Crippen molar-refractivity contribution in [2.24, 2.45) is 0 Å². The van der Waals surface area contributed by atoms with E-state index in [9.17, 15) is 18.3 Å². The zero-order valence-corrected chi connectivity index (χ0v) is 10.4. The number of hydrogen-bond donors (Lipinski definition) is 1. The van der Waals surface area contributed by atoms with Gasteiger partial charge in [-0.3, -0.25) is 0 Å². The summed E-state index contributed by atoms with van der Waals surface area (Å²) in [6, 6.07) is 0. The van der Waals surface area contributed by atoms with Crippen LogP contribution in [-0.2, 0) is 11.2 Å². The monoisotopic (exact) mass is 269 g/mol. The fourth-order valence-electron chi connectivity index (χ4n) is 1.31. The largest absolute Gasteiger partial charge is 0.411 e. The Labute approximate surface area is 101 Å². The number of aromatic nitrogens is 1. The van der Waals surface area contributed by atoms with Crippen LogP contribution in [-0.4, -0.2) is 29.5 Å². The molecule has 1 heterocycles. The van der Waals surface area contributed by atoms with Gasteiger partial charge in [0.1, 0.15) is 6.61 Å². The molecule has 1 atom stereocenters. The normalized spacial score (nSPS) is 14.0. The average Bonchev–Trinajstić information content (AvgIpc) is 2.53. The molecule has 0 aliphatic rings. The van der Waals surface area contributed by atoms with Crippen LogP contribution in [0.25, 0.3) is 0 Å². The number of aliphatic hydroxyl groups excluding tert-OH is 1. The summed E-state index contributed by atoms with van der Waals surface area (Å²) in [6.07, 6.45) is -4.56. The van der Waals surface area contributed by atoms with Gasteiger partial charge in [-0.1, -0.05) is 0 Å². The minimum absolute atomic E-state index is 0.0221. The fraction of sp³-hybridized carbons (Fsp3) is 0.700. The summed E-state index contributed by atoms with van der Waals surface area (Å²) < 4.78 is 39.8. The number of aryl methyl sites for hydroxylation is 1. The van der Waals surface area contributed by atoms with E-state index >= 15 is 0 Å². The van der Waals surface area contributed by atoms with E-state index in [1.54, 1.807) is 13.8 Å². The van der Waals surface area contributed by atoms with E-state index in [0.717, 1.165) is 10.6 Å². The van der Waals surface area contributed by atoms with E-state index < -0.39 is 18.9 Å². The standard InChI is InChI=1S/C10H14F3NO2S/c1-6-9(7(2)15)17-8(14-6)3-4-16-5-10(11,12)13/h7,15H,3-5H2,1-2H3. The highest BCUT2D eigenvalue weighted by Crippen LogP contribution is 2.25. The Morgan fingerprint density at radius 2 is 2.12 bits per heavy atom. The first-order valence-electron chi connectivity index (χ1n) is 5.08. The minimum atomic E-state index is -4.29. The van der Waals surface area contributed by atoms with Gasteiger partial charge in [0.25, 0.3) is 0 Å². The second kappa shape index (κ2) is 5.79. The third kappa shape index (κ3) is 5.01. The predicted octanol–water partition coefficient (Wildman–Crippen LogP) is 2.63. The lowest BCUT2D eigenvalue weighted by Crippen LogP contribution is -2.17. The Morgan fingerprint density at radius 1 is 1.47 bits per heavy atom. The van der Waals surface area contributed by atoms with Crippen molar-refractivity contribution < 1.29 is 23.0 Å². The Kier molecular flexibility index (Phi) is 4.91. The molecule has 0 amide bonds. The van der Waals surface area contributed by atoms with Crippen molar-refractivity contribution in [3.05, 3.63) is 15.6 Å². The number of rotatable bonds is 5. The van der Waals surface area contributed by atoms with Gasteiger partial charge in [0.15, 0.2) is 0 Å². The number of halogens is 3. The number of alkyl halides is 3. The molecule has 0 saturated heterocycles. The first kappa shape index (κ1) is 14.4. The predicted molar refractivity (Wildman–Crippen MR) is 58.1 cm³/mol. The maximum Gasteiger partial charge on any atom is 0.411 e. The van der Waals surface area contributed by atoms with Gasteiger partial charge in [-0.15, -0.1) is 11.3 Å². The number of aliphatic hydroxyl groups is 1. The van der Waals surface area contributed by atoms with Crippen molar-refractivity contribution in [1.82, 2.24) is 4.98 Å². The highest BCUT2D eigenvalue weighted by Gasteiger charge is 2.27. The van der Waals surface area contributed by atoms with Gasteiger partial charge >= 0.3 is 6.18 Å². The van der Waals surface area contributed by atoms with Gasteiger partial charge in [-0.2, -0.15) is 13.2 Å². The van der Waals surface area contributed by atoms with Crippen molar-refractivity contribution >= 4 is 11.3 Å². The van der Waals surface area contributed by atoms with Crippen LogP contribution in [0.15, 0.2) is 0 Å². The topological polar surface area (TPSA) is 42.4 Å². The van der Waals surface area contributed by atoms with Crippen LogP contribution in [0.2, 0.25) is 0 Å². The molecule has 1 N–H and O–H groups in total. The van der Waals surface area contributed by atoms with Crippen molar-refractivity contribution in [3.63, 3.8) is 0 Å². The molecular formula is C10H14F3NO2S. The highest BCUT2D eigenvalue weighted by atomic mass is 32.1. The first-order valence-corrected chi connectivity index (χ1v) is 5.90. The molecular weight excluding hydrogens is 255 g/mol. The maximum absolute atomic E-state index is 11.8. The van der Waals surface area contributed by atoms with Crippen LogP contribution in [0.4, 0.5) is 13.2 Å². The third-order valence-electron chi connectivity index (χ3n) is 1.98. The van der Waals surface area contributed by atoms with Crippen LogP contribution < -0.4 is 0 Å². The zero-order chi connectivity index (χ0) is 13.1. The molecule has 1 unspecified atom stereocenters.